The van der Waals surface area contributed by atoms with Crippen molar-refractivity contribution in [3.8, 4) is 0 Å². The van der Waals surface area contributed by atoms with Crippen LogP contribution in [0, 0.1) is 5.82 Å². The van der Waals surface area contributed by atoms with E-state index in [4.69, 9.17) is 11.6 Å². The maximum Gasteiger partial charge on any atom is 0.127 e. The van der Waals surface area contributed by atoms with Crippen LogP contribution >= 0.6 is 11.6 Å². The quantitative estimate of drug-likeness (QED) is 0.759. The Labute approximate surface area is 113 Å². The number of hydrogen-bond donors (Lipinski definition) is 0. The van der Waals surface area contributed by atoms with Crippen LogP contribution < -0.4 is 0 Å². The van der Waals surface area contributed by atoms with Gasteiger partial charge in [-0.05, 0) is 19.0 Å². The summed E-state index contributed by atoms with van der Waals surface area (Å²) >= 11 is 5.70. The average molecular weight is 271 g/mol. The zero-order valence-corrected chi connectivity index (χ0v) is 11.4. The van der Waals surface area contributed by atoms with Gasteiger partial charge in [0.05, 0.1) is 0 Å². The van der Waals surface area contributed by atoms with Crippen LogP contribution in [-0.2, 0) is 6.54 Å². The standard InChI is InChI=1S/C14H20ClFN2/c15-6-3-7-17-8-10-18(11-9-17)12-13-4-1-2-5-14(13)16/h1-2,4-5H,3,6-12H2. The number of piperazine rings is 1. The number of nitrogens with zero attached hydrogens (tertiary/aromatic N) is 2. The molecule has 4 heteroatoms. The van der Waals surface area contributed by atoms with E-state index >= 15 is 0 Å². The van der Waals surface area contributed by atoms with Crippen molar-refractivity contribution < 1.29 is 4.39 Å². The lowest BCUT2D eigenvalue weighted by atomic mass is 10.2. The Morgan fingerprint density at radius 3 is 2.39 bits per heavy atom. The smallest absolute Gasteiger partial charge is 0.127 e. The van der Waals surface area contributed by atoms with E-state index in [1.807, 2.05) is 12.1 Å². The number of halogens is 2. The third-order valence-electron chi connectivity index (χ3n) is 3.42. The van der Waals surface area contributed by atoms with Crippen LogP contribution in [0.2, 0.25) is 0 Å². The highest BCUT2D eigenvalue weighted by atomic mass is 35.5. The first kappa shape index (κ1) is 13.8. The molecule has 0 aliphatic carbocycles. The van der Waals surface area contributed by atoms with Crippen LogP contribution in [0.15, 0.2) is 24.3 Å². The van der Waals surface area contributed by atoms with Gasteiger partial charge in [0.25, 0.3) is 0 Å². The number of benzene rings is 1. The number of alkyl halides is 1. The summed E-state index contributed by atoms with van der Waals surface area (Å²) in [6.07, 6.45) is 1.05. The van der Waals surface area contributed by atoms with Gasteiger partial charge in [0.15, 0.2) is 0 Å². The molecular formula is C14H20ClFN2. The molecule has 1 heterocycles. The van der Waals surface area contributed by atoms with Crippen LogP contribution in [-0.4, -0.2) is 48.4 Å². The summed E-state index contributed by atoms with van der Waals surface area (Å²) < 4.78 is 13.5. The molecule has 0 unspecified atom stereocenters. The predicted octanol–water partition coefficient (Wildman–Crippen LogP) is 2.57. The second kappa shape index (κ2) is 7.07. The number of rotatable bonds is 5. The predicted molar refractivity (Wildman–Crippen MR) is 73.5 cm³/mol. The van der Waals surface area contributed by atoms with Crippen molar-refractivity contribution >= 4 is 11.6 Å². The molecule has 2 rings (SSSR count). The first-order valence-corrected chi connectivity index (χ1v) is 7.07. The molecule has 1 aromatic rings. The van der Waals surface area contributed by atoms with E-state index in [1.165, 1.54) is 6.07 Å². The van der Waals surface area contributed by atoms with Crippen molar-refractivity contribution in [1.29, 1.82) is 0 Å². The summed E-state index contributed by atoms with van der Waals surface area (Å²) in [4.78, 5) is 4.75. The minimum Gasteiger partial charge on any atom is -0.301 e. The van der Waals surface area contributed by atoms with E-state index in [9.17, 15) is 4.39 Å². The second-order valence-electron chi connectivity index (χ2n) is 4.75. The van der Waals surface area contributed by atoms with Gasteiger partial charge >= 0.3 is 0 Å². The molecule has 0 amide bonds. The summed E-state index contributed by atoms with van der Waals surface area (Å²) in [5.41, 5.74) is 0.798. The Hall–Kier alpha value is -0.640. The van der Waals surface area contributed by atoms with Crippen molar-refractivity contribution in [1.82, 2.24) is 9.80 Å². The van der Waals surface area contributed by atoms with Gasteiger partial charge in [-0.1, -0.05) is 18.2 Å². The van der Waals surface area contributed by atoms with Crippen molar-refractivity contribution in [3.05, 3.63) is 35.6 Å². The first-order valence-electron chi connectivity index (χ1n) is 6.53. The molecule has 1 fully saturated rings. The minimum atomic E-state index is -0.0953. The highest BCUT2D eigenvalue weighted by Gasteiger charge is 2.17. The van der Waals surface area contributed by atoms with Gasteiger partial charge in [-0.2, -0.15) is 0 Å². The largest absolute Gasteiger partial charge is 0.301 e. The van der Waals surface area contributed by atoms with Crippen LogP contribution in [0.3, 0.4) is 0 Å². The molecule has 1 aliphatic rings. The molecule has 100 valence electrons. The average Bonchev–Trinajstić information content (AvgIpc) is 2.41. The summed E-state index contributed by atoms with van der Waals surface area (Å²) in [5, 5.41) is 0. The van der Waals surface area contributed by atoms with Crippen LogP contribution in [0.5, 0.6) is 0 Å². The summed E-state index contributed by atoms with van der Waals surface area (Å²) in [6.45, 7) is 5.94. The Kier molecular flexibility index (Phi) is 5.42. The Morgan fingerprint density at radius 2 is 1.72 bits per heavy atom. The normalized spacial score (nSPS) is 18.1. The van der Waals surface area contributed by atoms with Gasteiger partial charge in [-0.15, -0.1) is 11.6 Å². The molecule has 18 heavy (non-hydrogen) atoms. The van der Waals surface area contributed by atoms with Gasteiger partial charge < -0.3 is 4.90 Å². The summed E-state index contributed by atoms with van der Waals surface area (Å²) in [6, 6.07) is 7.04. The highest BCUT2D eigenvalue weighted by molar-refractivity contribution is 6.17. The molecule has 0 spiro atoms. The van der Waals surface area contributed by atoms with Crippen molar-refractivity contribution in [2.45, 2.75) is 13.0 Å². The molecular weight excluding hydrogens is 251 g/mol. The monoisotopic (exact) mass is 270 g/mol. The van der Waals surface area contributed by atoms with Crippen LogP contribution in [0.1, 0.15) is 12.0 Å². The third kappa shape index (κ3) is 3.94. The highest BCUT2D eigenvalue weighted by Crippen LogP contribution is 2.12. The second-order valence-corrected chi connectivity index (χ2v) is 5.13. The van der Waals surface area contributed by atoms with Crippen LogP contribution in [0.4, 0.5) is 4.39 Å². The van der Waals surface area contributed by atoms with E-state index in [0.29, 0.717) is 0 Å². The Balaban J connectivity index is 1.78. The van der Waals surface area contributed by atoms with E-state index in [-0.39, 0.29) is 5.82 Å². The maximum atomic E-state index is 13.5. The molecule has 0 bridgehead atoms. The van der Waals surface area contributed by atoms with E-state index < -0.39 is 0 Å². The fourth-order valence-electron chi connectivity index (χ4n) is 2.32. The van der Waals surface area contributed by atoms with E-state index in [0.717, 1.165) is 57.1 Å². The summed E-state index contributed by atoms with van der Waals surface area (Å²) in [7, 11) is 0. The maximum absolute atomic E-state index is 13.5. The topological polar surface area (TPSA) is 6.48 Å². The van der Waals surface area contributed by atoms with Crippen molar-refractivity contribution in [2.75, 3.05) is 38.6 Å². The zero-order chi connectivity index (χ0) is 12.8. The fraction of sp³-hybridized carbons (Fsp3) is 0.571. The lowest BCUT2D eigenvalue weighted by molar-refractivity contribution is 0.126. The molecule has 0 N–H and O–H groups in total. The molecule has 0 saturated carbocycles. The third-order valence-corrected chi connectivity index (χ3v) is 3.69. The van der Waals surface area contributed by atoms with Crippen LogP contribution in [0.25, 0.3) is 0 Å². The van der Waals surface area contributed by atoms with Gasteiger partial charge in [0, 0.05) is 44.2 Å². The van der Waals surface area contributed by atoms with Gasteiger partial charge in [-0.3, -0.25) is 4.90 Å². The van der Waals surface area contributed by atoms with Crippen molar-refractivity contribution in [3.63, 3.8) is 0 Å². The molecule has 0 radical (unpaired) electrons. The lowest BCUT2D eigenvalue weighted by Gasteiger charge is -2.34. The molecule has 0 atom stereocenters. The summed E-state index contributed by atoms with van der Waals surface area (Å²) in [5.74, 6) is 0.636. The molecule has 1 saturated heterocycles. The lowest BCUT2D eigenvalue weighted by Crippen LogP contribution is -2.46. The zero-order valence-electron chi connectivity index (χ0n) is 10.6. The Bertz CT molecular complexity index is 365. The molecule has 0 aromatic heterocycles. The minimum absolute atomic E-state index is 0.0953. The molecule has 1 aromatic carbocycles. The van der Waals surface area contributed by atoms with Gasteiger partial charge in [0.2, 0.25) is 0 Å². The van der Waals surface area contributed by atoms with Crippen molar-refractivity contribution in [2.24, 2.45) is 0 Å². The van der Waals surface area contributed by atoms with Gasteiger partial charge in [0.1, 0.15) is 5.82 Å². The first-order chi connectivity index (χ1) is 8.79. The SMILES string of the molecule is Fc1ccccc1CN1CCN(CCCCl)CC1. The molecule has 1 aliphatic heterocycles. The molecule has 2 nitrogen and oxygen atoms in total. The number of hydrogen-bond acceptors (Lipinski definition) is 2. The van der Waals surface area contributed by atoms with E-state index in [1.54, 1.807) is 6.07 Å². The van der Waals surface area contributed by atoms with E-state index in [2.05, 4.69) is 9.80 Å². The van der Waals surface area contributed by atoms with Gasteiger partial charge in [-0.25, -0.2) is 4.39 Å². The Morgan fingerprint density at radius 1 is 1.06 bits per heavy atom. The fourth-order valence-corrected chi connectivity index (χ4v) is 2.44.